The number of aryl methyl sites for hydroxylation is 2. The zero-order chi connectivity index (χ0) is 18.5. The van der Waals surface area contributed by atoms with Crippen LogP contribution in [0.5, 0.6) is 0 Å². The first-order chi connectivity index (χ1) is 12.6. The van der Waals surface area contributed by atoms with Crippen molar-refractivity contribution in [2.24, 2.45) is 0 Å². The monoisotopic (exact) mass is 347 g/mol. The van der Waals surface area contributed by atoms with E-state index in [1.807, 2.05) is 49.4 Å². The molecule has 0 aliphatic heterocycles. The molecule has 0 saturated carbocycles. The largest absolute Gasteiger partial charge is 0.309 e. The van der Waals surface area contributed by atoms with E-state index in [9.17, 15) is 9.59 Å². The van der Waals surface area contributed by atoms with Gasteiger partial charge in [-0.3, -0.25) is 14.2 Å². The third kappa shape index (κ3) is 3.57. The van der Waals surface area contributed by atoms with Crippen molar-refractivity contribution in [3.8, 4) is 0 Å². The molecule has 3 rings (SSSR count). The number of hydrogen-bond donors (Lipinski definition) is 0. The standard InChI is InChI=1S/C21H21N3O2/c1-3-13-24(17-9-5-4-6-10-17)19(25)12-14-23-15-22-20-16(2)8-7-11-18(20)21(23)26/h3-11,15H,1,12-14H2,2H3. The number of fused-ring (bicyclic) bond motifs is 1. The molecule has 0 radical (unpaired) electrons. The molecule has 2 aromatic carbocycles. The molecule has 26 heavy (non-hydrogen) atoms. The van der Waals surface area contributed by atoms with Crippen LogP contribution in [0.15, 0.2) is 72.3 Å². The highest BCUT2D eigenvalue weighted by atomic mass is 16.2. The Bertz CT molecular complexity index is 993. The number of benzene rings is 2. The summed E-state index contributed by atoms with van der Waals surface area (Å²) in [4.78, 5) is 31.4. The average molecular weight is 347 g/mol. The molecule has 5 heteroatoms. The second kappa shape index (κ2) is 7.78. The Balaban J connectivity index is 1.80. The van der Waals surface area contributed by atoms with Gasteiger partial charge in [0.15, 0.2) is 0 Å². The molecule has 0 aliphatic rings. The van der Waals surface area contributed by atoms with Gasteiger partial charge in [-0.15, -0.1) is 6.58 Å². The maximum Gasteiger partial charge on any atom is 0.261 e. The minimum Gasteiger partial charge on any atom is -0.309 e. The lowest BCUT2D eigenvalue weighted by molar-refractivity contribution is -0.118. The van der Waals surface area contributed by atoms with Gasteiger partial charge in [0.25, 0.3) is 5.56 Å². The number of carbonyl (C=O) groups is 1. The molecule has 1 aromatic heterocycles. The molecule has 132 valence electrons. The van der Waals surface area contributed by atoms with E-state index >= 15 is 0 Å². The van der Waals surface area contributed by atoms with Crippen LogP contribution in [0.25, 0.3) is 10.9 Å². The summed E-state index contributed by atoms with van der Waals surface area (Å²) in [6.45, 7) is 6.36. The molecular weight excluding hydrogens is 326 g/mol. The van der Waals surface area contributed by atoms with Gasteiger partial charge in [0.2, 0.25) is 5.91 Å². The highest BCUT2D eigenvalue weighted by Crippen LogP contribution is 2.15. The van der Waals surface area contributed by atoms with Crippen molar-refractivity contribution in [3.63, 3.8) is 0 Å². The van der Waals surface area contributed by atoms with E-state index < -0.39 is 0 Å². The average Bonchev–Trinajstić information content (AvgIpc) is 2.66. The van der Waals surface area contributed by atoms with Gasteiger partial charge in [-0.05, 0) is 30.7 Å². The van der Waals surface area contributed by atoms with Crippen LogP contribution >= 0.6 is 0 Å². The van der Waals surface area contributed by atoms with Gasteiger partial charge in [0, 0.05) is 25.2 Å². The fraction of sp³-hybridized carbons (Fsp3) is 0.190. The smallest absolute Gasteiger partial charge is 0.261 e. The van der Waals surface area contributed by atoms with E-state index in [4.69, 9.17) is 0 Å². The molecule has 0 fully saturated rings. The Morgan fingerprint density at radius 2 is 1.96 bits per heavy atom. The van der Waals surface area contributed by atoms with Crippen LogP contribution in [0.2, 0.25) is 0 Å². The van der Waals surface area contributed by atoms with Crippen molar-refractivity contribution in [3.05, 3.63) is 83.4 Å². The summed E-state index contributed by atoms with van der Waals surface area (Å²) in [6, 6.07) is 15.0. The summed E-state index contributed by atoms with van der Waals surface area (Å²) in [6.07, 6.45) is 3.42. The molecule has 3 aromatic rings. The summed E-state index contributed by atoms with van der Waals surface area (Å²) < 4.78 is 1.50. The molecule has 5 nitrogen and oxygen atoms in total. The van der Waals surface area contributed by atoms with Crippen molar-refractivity contribution >= 4 is 22.5 Å². The Labute approximate surface area is 152 Å². The molecule has 0 saturated heterocycles. The van der Waals surface area contributed by atoms with Crippen LogP contribution in [0.3, 0.4) is 0 Å². The summed E-state index contributed by atoms with van der Waals surface area (Å²) in [5.41, 5.74) is 2.36. The first-order valence-electron chi connectivity index (χ1n) is 8.53. The van der Waals surface area contributed by atoms with Crippen molar-refractivity contribution in [2.75, 3.05) is 11.4 Å². The SMILES string of the molecule is C=CCN(C(=O)CCn1cnc2c(C)cccc2c1=O)c1ccccc1. The van der Waals surface area contributed by atoms with Crippen molar-refractivity contribution in [2.45, 2.75) is 19.9 Å². The molecule has 0 unspecified atom stereocenters. The van der Waals surface area contributed by atoms with E-state index in [-0.39, 0.29) is 24.4 Å². The highest BCUT2D eigenvalue weighted by molar-refractivity contribution is 5.93. The van der Waals surface area contributed by atoms with E-state index in [1.165, 1.54) is 10.9 Å². The first-order valence-corrected chi connectivity index (χ1v) is 8.53. The highest BCUT2D eigenvalue weighted by Gasteiger charge is 2.15. The van der Waals surface area contributed by atoms with Crippen LogP contribution in [0.4, 0.5) is 5.69 Å². The van der Waals surface area contributed by atoms with Gasteiger partial charge < -0.3 is 4.90 Å². The normalized spacial score (nSPS) is 10.7. The maximum absolute atomic E-state index is 12.7. The number of amides is 1. The van der Waals surface area contributed by atoms with E-state index in [1.54, 1.807) is 17.0 Å². The van der Waals surface area contributed by atoms with Gasteiger partial charge in [-0.2, -0.15) is 0 Å². The Hall–Kier alpha value is -3.21. The lowest BCUT2D eigenvalue weighted by Gasteiger charge is -2.21. The Morgan fingerprint density at radius 1 is 1.19 bits per heavy atom. The van der Waals surface area contributed by atoms with Gasteiger partial charge in [-0.25, -0.2) is 4.98 Å². The lowest BCUT2D eigenvalue weighted by Crippen LogP contribution is -2.32. The molecule has 0 aliphatic carbocycles. The fourth-order valence-corrected chi connectivity index (χ4v) is 2.94. The number of hydrogen-bond acceptors (Lipinski definition) is 3. The second-order valence-corrected chi connectivity index (χ2v) is 6.09. The predicted molar refractivity (Wildman–Crippen MR) is 104 cm³/mol. The number of para-hydroxylation sites is 2. The zero-order valence-corrected chi connectivity index (χ0v) is 14.8. The van der Waals surface area contributed by atoms with Crippen LogP contribution in [0.1, 0.15) is 12.0 Å². The third-order valence-corrected chi connectivity index (χ3v) is 4.30. The first kappa shape index (κ1) is 17.6. The maximum atomic E-state index is 12.7. The number of nitrogens with zero attached hydrogens (tertiary/aromatic N) is 3. The Kier molecular flexibility index (Phi) is 5.27. The van der Waals surface area contributed by atoms with E-state index in [0.717, 1.165) is 11.3 Å². The van der Waals surface area contributed by atoms with Crippen molar-refractivity contribution in [1.29, 1.82) is 0 Å². The third-order valence-electron chi connectivity index (χ3n) is 4.30. The minimum atomic E-state index is -0.124. The summed E-state index contributed by atoms with van der Waals surface area (Å²) in [5, 5.41) is 0.575. The van der Waals surface area contributed by atoms with Gasteiger partial charge in [-0.1, -0.05) is 36.4 Å². The number of carbonyl (C=O) groups excluding carboxylic acids is 1. The second-order valence-electron chi connectivity index (χ2n) is 6.09. The quantitative estimate of drug-likeness (QED) is 0.643. The summed E-state index contributed by atoms with van der Waals surface area (Å²) in [7, 11) is 0. The van der Waals surface area contributed by atoms with E-state index in [2.05, 4.69) is 11.6 Å². The van der Waals surface area contributed by atoms with Crippen LogP contribution in [0, 0.1) is 6.92 Å². The molecule has 0 atom stereocenters. The van der Waals surface area contributed by atoms with Crippen LogP contribution in [-0.4, -0.2) is 22.0 Å². The number of anilines is 1. The number of rotatable bonds is 6. The molecule has 0 N–H and O–H groups in total. The predicted octanol–water partition coefficient (Wildman–Crippen LogP) is 3.31. The molecular formula is C21H21N3O2. The summed E-state index contributed by atoms with van der Waals surface area (Å²) >= 11 is 0. The lowest BCUT2D eigenvalue weighted by atomic mass is 10.1. The van der Waals surface area contributed by atoms with Crippen LogP contribution < -0.4 is 10.5 Å². The van der Waals surface area contributed by atoms with Crippen molar-refractivity contribution in [1.82, 2.24) is 9.55 Å². The molecule has 1 amide bonds. The van der Waals surface area contributed by atoms with Crippen molar-refractivity contribution < 1.29 is 4.79 Å². The Morgan fingerprint density at radius 3 is 2.69 bits per heavy atom. The topological polar surface area (TPSA) is 55.2 Å². The zero-order valence-electron chi connectivity index (χ0n) is 14.8. The fourth-order valence-electron chi connectivity index (χ4n) is 2.94. The number of aromatic nitrogens is 2. The van der Waals surface area contributed by atoms with Gasteiger partial charge in [0.05, 0.1) is 17.2 Å². The van der Waals surface area contributed by atoms with Gasteiger partial charge in [0.1, 0.15) is 0 Å². The molecule has 0 spiro atoms. The summed E-state index contributed by atoms with van der Waals surface area (Å²) in [5.74, 6) is -0.0626. The van der Waals surface area contributed by atoms with E-state index in [0.29, 0.717) is 17.4 Å². The molecule has 0 bridgehead atoms. The van der Waals surface area contributed by atoms with Gasteiger partial charge >= 0.3 is 0 Å². The van der Waals surface area contributed by atoms with Crippen LogP contribution in [-0.2, 0) is 11.3 Å². The minimum absolute atomic E-state index is 0.0626. The molecule has 1 heterocycles.